The molecule has 1 aromatic carbocycles. The second kappa shape index (κ2) is 8.32. The fraction of sp³-hybridized carbons (Fsp3) is 0.190. The molecule has 1 atom stereocenters. The van der Waals surface area contributed by atoms with Gasteiger partial charge in [-0.05, 0) is 38.1 Å². The van der Waals surface area contributed by atoms with Crippen molar-refractivity contribution in [3.8, 4) is 22.0 Å². The van der Waals surface area contributed by atoms with Crippen LogP contribution in [0.2, 0.25) is 0 Å². The number of rotatable bonds is 6. The molecule has 0 N–H and O–H groups in total. The van der Waals surface area contributed by atoms with E-state index in [0.29, 0.717) is 11.6 Å². The molecule has 0 spiro atoms. The molecular formula is C21H18N4O3S. The number of ether oxygens (including phenoxy) is 1. The van der Waals surface area contributed by atoms with Crippen molar-refractivity contribution in [2.75, 3.05) is 0 Å². The van der Waals surface area contributed by atoms with Gasteiger partial charge in [-0.3, -0.25) is 9.78 Å². The first-order chi connectivity index (χ1) is 14.1. The molecule has 0 saturated heterocycles. The van der Waals surface area contributed by atoms with Gasteiger partial charge in [-0.15, -0.1) is 21.5 Å². The molecule has 0 radical (unpaired) electrons. The lowest BCUT2D eigenvalue weighted by Gasteiger charge is -2.08. The van der Waals surface area contributed by atoms with E-state index >= 15 is 0 Å². The highest BCUT2D eigenvalue weighted by molar-refractivity contribution is 7.13. The SMILES string of the molecule is Cc1ccc(-c2nnc([C@@H](C)OC(=O)Cc3csc(-c4cccnc4)n3)o2)cc1. The molecule has 146 valence electrons. The Morgan fingerprint density at radius 1 is 1.17 bits per heavy atom. The zero-order valence-corrected chi connectivity index (χ0v) is 16.7. The summed E-state index contributed by atoms with van der Waals surface area (Å²) in [7, 11) is 0. The molecule has 0 aliphatic rings. The fourth-order valence-electron chi connectivity index (χ4n) is 2.66. The number of thiazole rings is 1. The van der Waals surface area contributed by atoms with Crippen LogP contribution in [0.5, 0.6) is 0 Å². The van der Waals surface area contributed by atoms with Crippen molar-refractivity contribution in [3.63, 3.8) is 0 Å². The Bertz CT molecular complexity index is 1110. The quantitative estimate of drug-likeness (QED) is 0.438. The highest BCUT2D eigenvalue weighted by Crippen LogP contribution is 2.25. The molecule has 4 aromatic rings. The number of benzene rings is 1. The Kier molecular flexibility index (Phi) is 5.44. The van der Waals surface area contributed by atoms with E-state index in [-0.39, 0.29) is 12.3 Å². The van der Waals surface area contributed by atoms with E-state index in [0.717, 1.165) is 21.7 Å². The number of esters is 1. The van der Waals surface area contributed by atoms with Gasteiger partial charge in [0.2, 0.25) is 5.89 Å². The van der Waals surface area contributed by atoms with Crippen molar-refractivity contribution in [2.45, 2.75) is 26.4 Å². The van der Waals surface area contributed by atoms with Gasteiger partial charge in [-0.25, -0.2) is 4.98 Å². The number of aryl methyl sites for hydroxylation is 1. The number of hydrogen-bond donors (Lipinski definition) is 0. The topological polar surface area (TPSA) is 91.0 Å². The number of carbonyl (C=O) groups is 1. The van der Waals surface area contributed by atoms with E-state index in [4.69, 9.17) is 9.15 Å². The van der Waals surface area contributed by atoms with Gasteiger partial charge in [0.25, 0.3) is 5.89 Å². The Morgan fingerprint density at radius 2 is 2.00 bits per heavy atom. The van der Waals surface area contributed by atoms with Crippen LogP contribution in [0.4, 0.5) is 0 Å². The lowest BCUT2D eigenvalue weighted by Crippen LogP contribution is -2.12. The van der Waals surface area contributed by atoms with Crippen molar-refractivity contribution in [1.29, 1.82) is 0 Å². The van der Waals surface area contributed by atoms with Gasteiger partial charge < -0.3 is 9.15 Å². The standard InChI is InChI=1S/C21H18N4O3S/c1-13-5-7-15(8-6-13)20-25-24-19(28-20)14(2)27-18(26)10-17-12-29-21(23-17)16-4-3-9-22-11-16/h3-9,11-12,14H,10H2,1-2H3/t14-/m1/s1. The van der Waals surface area contributed by atoms with Gasteiger partial charge in [0.05, 0.1) is 12.1 Å². The maximum absolute atomic E-state index is 12.3. The lowest BCUT2D eigenvalue weighted by atomic mass is 10.1. The zero-order chi connectivity index (χ0) is 20.2. The van der Waals surface area contributed by atoms with Crippen molar-refractivity contribution >= 4 is 17.3 Å². The van der Waals surface area contributed by atoms with Crippen LogP contribution in [0.1, 0.15) is 30.2 Å². The Hall–Kier alpha value is -3.39. The van der Waals surface area contributed by atoms with Crippen molar-refractivity contribution in [3.05, 3.63) is 71.3 Å². The molecule has 0 bridgehead atoms. The van der Waals surface area contributed by atoms with Gasteiger partial charge in [0.15, 0.2) is 6.10 Å². The molecule has 0 fully saturated rings. The third-order valence-electron chi connectivity index (χ3n) is 4.18. The van der Waals surface area contributed by atoms with Crippen molar-refractivity contribution < 1.29 is 13.9 Å². The fourth-order valence-corrected chi connectivity index (χ4v) is 3.47. The van der Waals surface area contributed by atoms with Crippen molar-refractivity contribution in [2.24, 2.45) is 0 Å². The van der Waals surface area contributed by atoms with E-state index in [1.165, 1.54) is 11.3 Å². The molecule has 8 heteroatoms. The Morgan fingerprint density at radius 3 is 2.76 bits per heavy atom. The number of nitrogens with zero attached hydrogens (tertiary/aromatic N) is 4. The normalized spacial score (nSPS) is 11.9. The number of pyridine rings is 1. The minimum Gasteiger partial charge on any atom is -0.452 e. The molecule has 4 rings (SSSR count). The first-order valence-corrected chi connectivity index (χ1v) is 9.91. The summed E-state index contributed by atoms with van der Waals surface area (Å²) in [6.45, 7) is 3.71. The summed E-state index contributed by atoms with van der Waals surface area (Å²) >= 11 is 1.46. The van der Waals surface area contributed by atoms with E-state index in [9.17, 15) is 4.79 Å². The maximum Gasteiger partial charge on any atom is 0.312 e. The summed E-state index contributed by atoms with van der Waals surface area (Å²) in [5.41, 5.74) is 3.53. The third-order valence-corrected chi connectivity index (χ3v) is 5.12. The molecule has 0 saturated carbocycles. The first-order valence-electron chi connectivity index (χ1n) is 9.03. The van der Waals surface area contributed by atoms with E-state index < -0.39 is 12.1 Å². The predicted octanol–water partition coefficient (Wildman–Crippen LogP) is 4.41. The van der Waals surface area contributed by atoms with E-state index in [1.54, 1.807) is 19.3 Å². The van der Waals surface area contributed by atoms with Gasteiger partial charge in [-0.1, -0.05) is 17.7 Å². The molecule has 3 heterocycles. The minimum absolute atomic E-state index is 0.0695. The minimum atomic E-state index is -0.648. The van der Waals surface area contributed by atoms with Crippen LogP contribution < -0.4 is 0 Å². The maximum atomic E-state index is 12.3. The van der Waals surface area contributed by atoms with Gasteiger partial charge >= 0.3 is 5.97 Å². The molecule has 3 aromatic heterocycles. The smallest absolute Gasteiger partial charge is 0.312 e. The molecule has 0 unspecified atom stereocenters. The average Bonchev–Trinajstić information content (AvgIpc) is 3.39. The second-order valence-corrected chi connectivity index (χ2v) is 7.36. The van der Waals surface area contributed by atoms with Crippen LogP contribution in [0.3, 0.4) is 0 Å². The van der Waals surface area contributed by atoms with Gasteiger partial charge in [0, 0.05) is 28.9 Å². The van der Waals surface area contributed by atoms with Crippen LogP contribution in [-0.2, 0) is 16.0 Å². The number of hydrogen-bond acceptors (Lipinski definition) is 8. The summed E-state index contributed by atoms with van der Waals surface area (Å²) in [4.78, 5) is 20.9. The molecule has 0 aliphatic heterocycles. The highest BCUT2D eigenvalue weighted by Gasteiger charge is 2.20. The predicted molar refractivity (Wildman–Crippen MR) is 108 cm³/mol. The van der Waals surface area contributed by atoms with E-state index in [1.807, 2.05) is 48.7 Å². The average molecular weight is 406 g/mol. The second-order valence-electron chi connectivity index (χ2n) is 6.51. The molecule has 29 heavy (non-hydrogen) atoms. The summed E-state index contributed by atoms with van der Waals surface area (Å²) < 4.78 is 11.1. The lowest BCUT2D eigenvalue weighted by molar-refractivity contribution is -0.148. The van der Waals surface area contributed by atoms with Crippen LogP contribution in [-0.4, -0.2) is 26.1 Å². The van der Waals surface area contributed by atoms with Crippen molar-refractivity contribution in [1.82, 2.24) is 20.2 Å². The van der Waals surface area contributed by atoms with Gasteiger partial charge in [0.1, 0.15) is 5.01 Å². The number of aromatic nitrogens is 4. The molecule has 7 nitrogen and oxygen atoms in total. The van der Waals surface area contributed by atoms with Crippen LogP contribution in [0, 0.1) is 6.92 Å². The molecule has 0 amide bonds. The van der Waals surface area contributed by atoms with Crippen LogP contribution in [0.15, 0.2) is 58.6 Å². The summed E-state index contributed by atoms with van der Waals surface area (Å²) in [6.07, 6.45) is 2.87. The van der Waals surface area contributed by atoms with Crippen LogP contribution in [0.25, 0.3) is 22.0 Å². The summed E-state index contributed by atoms with van der Waals surface area (Å²) in [6, 6.07) is 11.5. The number of carbonyl (C=O) groups excluding carboxylic acids is 1. The third kappa shape index (κ3) is 4.55. The molecular weight excluding hydrogens is 388 g/mol. The van der Waals surface area contributed by atoms with Gasteiger partial charge in [-0.2, -0.15) is 0 Å². The van der Waals surface area contributed by atoms with E-state index in [2.05, 4.69) is 20.2 Å². The highest BCUT2D eigenvalue weighted by atomic mass is 32.1. The summed E-state index contributed by atoms with van der Waals surface area (Å²) in [5, 5.41) is 10.7. The first kappa shape index (κ1) is 18.9. The Balaban J connectivity index is 1.38. The Labute approximate surface area is 171 Å². The summed E-state index contributed by atoms with van der Waals surface area (Å²) in [5.74, 6) is 0.238. The monoisotopic (exact) mass is 406 g/mol. The zero-order valence-electron chi connectivity index (χ0n) is 15.9. The molecule has 0 aliphatic carbocycles. The van der Waals surface area contributed by atoms with Crippen LogP contribution >= 0.6 is 11.3 Å². The largest absolute Gasteiger partial charge is 0.452 e.